The van der Waals surface area contributed by atoms with Crippen LogP contribution in [0.15, 0.2) is 65.7 Å². The number of thiazole rings is 1. The second-order valence-corrected chi connectivity index (χ2v) is 8.87. The van der Waals surface area contributed by atoms with Crippen LogP contribution in [0.25, 0.3) is 32.3 Å². The summed E-state index contributed by atoms with van der Waals surface area (Å²) in [6.45, 7) is 6.31. The molecule has 4 heteroatoms. The van der Waals surface area contributed by atoms with E-state index in [1.807, 2.05) is 13.1 Å². The molecule has 2 heterocycles. The van der Waals surface area contributed by atoms with Crippen molar-refractivity contribution in [3.63, 3.8) is 0 Å². The van der Waals surface area contributed by atoms with E-state index in [2.05, 4.69) is 79.7 Å². The fraction of sp³-hybridized carbons (Fsp3) is 0.167. The first-order valence-corrected chi connectivity index (χ1v) is 11.2. The smallest absolute Gasteiger partial charge is 0.124 e. The highest BCUT2D eigenvalue weighted by Crippen LogP contribution is 2.41. The maximum Gasteiger partial charge on any atom is 0.124 e. The molecule has 0 fully saturated rings. The molecule has 0 saturated heterocycles. The third-order valence-electron chi connectivity index (χ3n) is 4.62. The lowest BCUT2D eigenvalue weighted by Gasteiger charge is -2.06. The van der Waals surface area contributed by atoms with Gasteiger partial charge in [-0.25, -0.2) is 4.98 Å². The fourth-order valence-corrected chi connectivity index (χ4v) is 4.86. The van der Waals surface area contributed by atoms with Crippen molar-refractivity contribution in [3.05, 3.63) is 77.6 Å². The molecule has 0 aliphatic rings. The number of benzene rings is 2. The van der Waals surface area contributed by atoms with Crippen LogP contribution in [0.1, 0.15) is 16.8 Å². The molecular formula is C24H22N2S2. The SMILES string of the molecule is CSc1ccc(-c2nc(-c3cc(C)cc(C)c3)c(-c3ccnc(C)c3)s2)cc1. The maximum atomic E-state index is 5.09. The van der Waals surface area contributed by atoms with Crippen LogP contribution in [0.5, 0.6) is 0 Å². The van der Waals surface area contributed by atoms with Crippen LogP contribution in [-0.2, 0) is 0 Å². The molecule has 0 radical (unpaired) electrons. The van der Waals surface area contributed by atoms with Gasteiger partial charge in [-0.1, -0.05) is 29.3 Å². The van der Waals surface area contributed by atoms with Gasteiger partial charge in [0.1, 0.15) is 5.01 Å². The van der Waals surface area contributed by atoms with Crippen LogP contribution >= 0.6 is 23.1 Å². The normalized spacial score (nSPS) is 11.0. The van der Waals surface area contributed by atoms with Gasteiger partial charge >= 0.3 is 0 Å². The van der Waals surface area contributed by atoms with Crippen LogP contribution in [0.3, 0.4) is 0 Å². The van der Waals surface area contributed by atoms with Crippen LogP contribution in [0.4, 0.5) is 0 Å². The van der Waals surface area contributed by atoms with Gasteiger partial charge in [0.2, 0.25) is 0 Å². The number of thioether (sulfide) groups is 1. The van der Waals surface area contributed by atoms with Crippen molar-refractivity contribution in [2.45, 2.75) is 25.7 Å². The van der Waals surface area contributed by atoms with Gasteiger partial charge in [-0.2, -0.15) is 0 Å². The van der Waals surface area contributed by atoms with Crippen molar-refractivity contribution in [3.8, 4) is 32.3 Å². The zero-order valence-corrected chi connectivity index (χ0v) is 18.1. The summed E-state index contributed by atoms with van der Waals surface area (Å²) in [6.07, 6.45) is 3.98. The van der Waals surface area contributed by atoms with Crippen molar-refractivity contribution < 1.29 is 0 Å². The highest BCUT2D eigenvalue weighted by atomic mass is 32.2. The molecule has 0 N–H and O–H groups in total. The molecule has 0 aliphatic heterocycles. The van der Waals surface area contributed by atoms with Crippen molar-refractivity contribution in [2.24, 2.45) is 0 Å². The number of rotatable bonds is 4. The lowest BCUT2D eigenvalue weighted by Crippen LogP contribution is -1.87. The predicted octanol–water partition coefficient (Wildman–Crippen LogP) is 7.19. The number of aryl methyl sites for hydroxylation is 3. The Labute approximate surface area is 174 Å². The number of aromatic nitrogens is 2. The Morgan fingerprint density at radius 2 is 1.50 bits per heavy atom. The molecule has 0 spiro atoms. The molecule has 0 saturated carbocycles. The molecule has 4 aromatic rings. The van der Waals surface area contributed by atoms with Crippen LogP contribution in [-0.4, -0.2) is 16.2 Å². The topological polar surface area (TPSA) is 25.8 Å². The summed E-state index contributed by atoms with van der Waals surface area (Å²) in [5.74, 6) is 0. The van der Waals surface area contributed by atoms with Gasteiger partial charge in [0, 0.05) is 27.9 Å². The number of pyridine rings is 1. The van der Waals surface area contributed by atoms with Gasteiger partial charge in [0.15, 0.2) is 0 Å². The Morgan fingerprint density at radius 1 is 0.786 bits per heavy atom. The number of hydrogen-bond acceptors (Lipinski definition) is 4. The third-order valence-corrected chi connectivity index (χ3v) is 6.52. The van der Waals surface area contributed by atoms with E-state index >= 15 is 0 Å². The number of hydrogen-bond donors (Lipinski definition) is 0. The highest BCUT2D eigenvalue weighted by Gasteiger charge is 2.17. The lowest BCUT2D eigenvalue weighted by molar-refractivity contribution is 1.20. The lowest BCUT2D eigenvalue weighted by atomic mass is 10.0. The quantitative estimate of drug-likeness (QED) is 0.338. The average molecular weight is 403 g/mol. The summed E-state index contributed by atoms with van der Waals surface area (Å²) in [6, 6.07) is 19.5. The Balaban J connectivity index is 1.90. The van der Waals surface area contributed by atoms with E-state index in [0.29, 0.717) is 0 Å². The molecule has 2 nitrogen and oxygen atoms in total. The first-order chi connectivity index (χ1) is 13.5. The summed E-state index contributed by atoms with van der Waals surface area (Å²) < 4.78 is 0. The molecule has 2 aromatic carbocycles. The Kier molecular flexibility index (Phi) is 5.33. The standard InChI is InChI=1S/C24H22N2S2/c1-15-11-16(2)13-20(12-15)22-23(19-9-10-25-17(3)14-19)28-24(26-22)18-5-7-21(27-4)8-6-18/h5-14H,1-4H3. The molecule has 140 valence electrons. The second-order valence-electron chi connectivity index (χ2n) is 6.99. The summed E-state index contributed by atoms with van der Waals surface area (Å²) in [4.78, 5) is 11.9. The molecule has 0 bridgehead atoms. The first-order valence-electron chi connectivity index (χ1n) is 9.20. The summed E-state index contributed by atoms with van der Waals surface area (Å²) >= 11 is 3.50. The van der Waals surface area contributed by atoms with Crippen molar-refractivity contribution in [2.75, 3.05) is 6.26 Å². The van der Waals surface area contributed by atoms with Crippen molar-refractivity contribution in [1.29, 1.82) is 0 Å². The molecule has 0 amide bonds. The predicted molar refractivity (Wildman–Crippen MR) is 122 cm³/mol. The van der Waals surface area contributed by atoms with Crippen molar-refractivity contribution in [1.82, 2.24) is 9.97 Å². The monoisotopic (exact) mass is 402 g/mol. The van der Waals surface area contributed by atoms with E-state index in [1.165, 1.54) is 32.0 Å². The fourth-order valence-electron chi connectivity index (χ4n) is 3.37. The largest absolute Gasteiger partial charge is 0.262 e. The first kappa shape index (κ1) is 18.9. The Morgan fingerprint density at radius 3 is 2.14 bits per heavy atom. The van der Waals surface area contributed by atoms with Crippen LogP contribution in [0.2, 0.25) is 0 Å². The van der Waals surface area contributed by atoms with Gasteiger partial charge in [-0.3, -0.25) is 4.98 Å². The van der Waals surface area contributed by atoms with Gasteiger partial charge < -0.3 is 0 Å². The molecule has 2 aromatic heterocycles. The minimum atomic E-state index is 1.02. The van der Waals surface area contributed by atoms with E-state index in [9.17, 15) is 0 Å². The van der Waals surface area contributed by atoms with E-state index < -0.39 is 0 Å². The van der Waals surface area contributed by atoms with Gasteiger partial charge in [-0.15, -0.1) is 23.1 Å². The zero-order valence-electron chi connectivity index (χ0n) is 16.5. The van der Waals surface area contributed by atoms with Crippen LogP contribution < -0.4 is 0 Å². The molecule has 0 unspecified atom stereocenters. The Hall–Kier alpha value is -2.43. The second kappa shape index (κ2) is 7.90. The van der Waals surface area contributed by atoms with E-state index in [1.54, 1.807) is 23.1 Å². The number of nitrogens with zero attached hydrogens (tertiary/aromatic N) is 2. The van der Waals surface area contributed by atoms with Crippen molar-refractivity contribution >= 4 is 23.1 Å². The van der Waals surface area contributed by atoms with Crippen LogP contribution in [0, 0.1) is 20.8 Å². The van der Waals surface area contributed by atoms with Gasteiger partial charge in [0.05, 0.1) is 10.6 Å². The van der Waals surface area contributed by atoms with E-state index in [0.717, 1.165) is 22.0 Å². The zero-order chi connectivity index (χ0) is 19.7. The van der Waals surface area contributed by atoms with E-state index in [-0.39, 0.29) is 0 Å². The molecule has 0 atom stereocenters. The molecule has 28 heavy (non-hydrogen) atoms. The van der Waals surface area contributed by atoms with E-state index in [4.69, 9.17) is 4.98 Å². The highest BCUT2D eigenvalue weighted by molar-refractivity contribution is 7.98. The average Bonchev–Trinajstić information content (AvgIpc) is 3.13. The third kappa shape index (κ3) is 3.89. The maximum absolute atomic E-state index is 5.09. The summed E-state index contributed by atoms with van der Waals surface area (Å²) in [5, 5.41) is 1.05. The van der Waals surface area contributed by atoms with Gasteiger partial charge in [-0.05, 0) is 69.0 Å². The molecular weight excluding hydrogens is 380 g/mol. The summed E-state index contributed by atoms with van der Waals surface area (Å²) in [7, 11) is 0. The minimum absolute atomic E-state index is 1.02. The summed E-state index contributed by atoms with van der Waals surface area (Å²) in [5.41, 5.74) is 8.08. The minimum Gasteiger partial charge on any atom is -0.262 e. The Bertz CT molecular complexity index is 1110. The molecule has 4 rings (SSSR count). The molecule has 0 aliphatic carbocycles. The van der Waals surface area contributed by atoms with Gasteiger partial charge in [0.25, 0.3) is 0 Å².